The Balaban J connectivity index is 2.47. The maximum Gasteiger partial charge on any atom is 0.408 e. The molecule has 1 fully saturated rings. The molecule has 3 amide bonds. The average Bonchev–Trinajstić information content (AvgIpc) is 2.79. The van der Waals surface area contributed by atoms with E-state index in [4.69, 9.17) is 4.74 Å². The summed E-state index contributed by atoms with van der Waals surface area (Å²) in [5.41, 5.74) is 1.93. The Hall–Kier alpha value is -2.61. The van der Waals surface area contributed by atoms with Crippen molar-refractivity contribution in [3.8, 4) is 0 Å². The summed E-state index contributed by atoms with van der Waals surface area (Å²) in [6.07, 6.45) is 4.79. The van der Waals surface area contributed by atoms with Crippen molar-refractivity contribution in [1.29, 1.82) is 0 Å². The molecule has 1 aromatic carbocycles. The lowest BCUT2D eigenvalue weighted by molar-refractivity contribution is -0.143. The molecule has 1 aliphatic rings. The van der Waals surface area contributed by atoms with Gasteiger partial charge in [-0.3, -0.25) is 9.59 Å². The van der Waals surface area contributed by atoms with Gasteiger partial charge in [-0.25, -0.2) is 4.79 Å². The van der Waals surface area contributed by atoms with Crippen LogP contribution in [0, 0.1) is 19.8 Å². The number of aliphatic hydroxyl groups excluding tert-OH is 1. The lowest BCUT2D eigenvalue weighted by atomic mass is 9.92. The molecule has 1 saturated carbocycles. The van der Waals surface area contributed by atoms with E-state index in [1.807, 2.05) is 45.9 Å². The van der Waals surface area contributed by atoms with Gasteiger partial charge in [-0.05, 0) is 76.5 Å². The monoisotopic (exact) mass is 517 g/mol. The number of rotatable bonds is 10. The van der Waals surface area contributed by atoms with Gasteiger partial charge in [0.1, 0.15) is 17.7 Å². The topological polar surface area (TPSA) is 108 Å². The van der Waals surface area contributed by atoms with Crippen LogP contribution in [-0.4, -0.2) is 58.8 Å². The number of benzene rings is 1. The summed E-state index contributed by atoms with van der Waals surface area (Å²) in [5.74, 6) is -0.587. The van der Waals surface area contributed by atoms with Crippen LogP contribution < -0.4 is 10.6 Å². The van der Waals surface area contributed by atoms with Gasteiger partial charge in [0.05, 0.1) is 6.61 Å². The molecule has 1 aromatic rings. The first kappa shape index (κ1) is 30.6. The third-order valence-corrected chi connectivity index (χ3v) is 6.77. The minimum Gasteiger partial charge on any atom is -0.444 e. The van der Waals surface area contributed by atoms with Crippen LogP contribution >= 0.6 is 0 Å². The Morgan fingerprint density at radius 2 is 1.76 bits per heavy atom. The average molecular weight is 518 g/mol. The van der Waals surface area contributed by atoms with E-state index in [9.17, 15) is 19.5 Å². The van der Waals surface area contributed by atoms with Crippen LogP contribution in [0.2, 0.25) is 0 Å². The molecule has 0 aromatic heterocycles. The van der Waals surface area contributed by atoms with Crippen LogP contribution in [0.25, 0.3) is 0 Å². The van der Waals surface area contributed by atoms with E-state index in [-0.39, 0.29) is 31.0 Å². The standard InChI is InChI=1S/C29H47N3O5/c1-19(2)18-24(31-28(36)37-29(5,6)7)27(35)32(16-17-33)25(23-15-11-12-20(3)21(23)4)26(34)30-22-13-9-8-10-14-22/h11-12,15,19,22,24-25,33H,8-10,13-14,16-18H2,1-7H3,(H,30,34)(H,31,36). The Morgan fingerprint density at radius 3 is 2.32 bits per heavy atom. The van der Waals surface area contributed by atoms with Gasteiger partial charge in [0.15, 0.2) is 0 Å². The molecule has 8 heteroatoms. The second-order valence-corrected chi connectivity index (χ2v) is 11.6. The lowest BCUT2D eigenvalue weighted by Gasteiger charge is -2.36. The molecule has 208 valence electrons. The van der Waals surface area contributed by atoms with E-state index in [1.54, 1.807) is 20.8 Å². The third kappa shape index (κ3) is 9.33. The molecule has 1 aliphatic carbocycles. The van der Waals surface area contributed by atoms with Crippen molar-refractivity contribution in [1.82, 2.24) is 15.5 Å². The van der Waals surface area contributed by atoms with Crippen molar-refractivity contribution in [3.05, 3.63) is 34.9 Å². The fourth-order valence-corrected chi connectivity index (χ4v) is 4.86. The molecule has 0 aliphatic heterocycles. The first-order valence-electron chi connectivity index (χ1n) is 13.6. The number of hydrogen-bond donors (Lipinski definition) is 3. The highest BCUT2D eigenvalue weighted by Gasteiger charge is 2.37. The van der Waals surface area contributed by atoms with Crippen LogP contribution in [0.4, 0.5) is 4.79 Å². The zero-order chi connectivity index (χ0) is 27.8. The van der Waals surface area contributed by atoms with Crippen molar-refractivity contribution in [2.24, 2.45) is 5.92 Å². The van der Waals surface area contributed by atoms with Gasteiger partial charge < -0.3 is 25.4 Å². The Bertz CT molecular complexity index is 919. The summed E-state index contributed by atoms with van der Waals surface area (Å²) in [6, 6.07) is 3.94. The van der Waals surface area contributed by atoms with Gasteiger partial charge in [0, 0.05) is 12.6 Å². The van der Waals surface area contributed by atoms with Gasteiger partial charge in [0.25, 0.3) is 0 Å². The highest BCUT2D eigenvalue weighted by molar-refractivity contribution is 5.92. The van der Waals surface area contributed by atoms with Gasteiger partial charge in [-0.1, -0.05) is 51.3 Å². The van der Waals surface area contributed by atoms with Crippen molar-refractivity contribution in [2.75, 3.05) is 13.2 Å². The summed E-state index contributed by atoms with van der Waals surface area (Å²) >= 11 is 0. The van der Waals surface area contributed by atoms with Crippen molar-refractivity contribution >= 4 is 17.9 Å². The second-order valence-electron chi connectivity index (χ2n) is 11.6. The lowest BCUT2D eigenvalue weighted by Crippen LogP contribution is -2.55. The number of alkyl carbamates (subject to hydrolysis) is 1. The summed E-state index contributed by atoms with van der Waals surface area (Å²) in [7, 11) is 0. The molecule has 8 nitrogen and oxygen atoms in total. The van der Waals surface area contributed by atoms with Gasteiger partial charge in [-0.2, -0.15) is 0 Å². The number of nitrogens with one attached hydrogen (secondary N) is 2. The summed E-state index contributed by atoms with van der Waals surface area (Å²) in [4.78, 5) is 42.0. The first-order valence-corrected chi connectivity index (χ1v) is 13.6. The molecular weight excluding hydrogens is 470 g/mol. The first-order chi connectivity index (χ1) is 17.3. The largest absolute Gasteiger partial charge is 0.444 e. The van der Waals surface area contributed by atoms with Gasteiger partial charge in [-0.15, -0.1) is 0 Å². The molecule has 2 rings (SSSR count). The Morgan fingerprint density at radius 1 is 1.11 bits per heavy atom. The number of aliphatic hydroxyl groups is 1. The predicted octanol–water partition coefficient (Wildman–Crippen LogP) is 4.55. The van der Waals surface area contributed by atoms with Crippen LogP contribution in [0.1, 0.15) is 95.9 Å². The number of hydrogen-bond acceptors (Lipinski definition) is 5. The van der Waals surface area contributed by atoms with E-state index in [2.05, 4.69) is 10.6 Å². The highest BCUT2D eigenvalue weighted by atomic mass is 16.6. The fraction of sp³-hybridized carbons (Fsp3) is 0.690. The van der Waals surface area contributed by atoms with Crippen molar-refractivity contribution in [2.45, 2.75) is 111 Å². The molecular formula is C29H47N3O5. The minimum absolute atomic E-state index is 0.0421. The number of carbonyl (C=O) groups is 3. The minimum atomic E-state index is -0.934. The molecule has 0 radical (unpaired) electrons. The molecule has 0 heterocycles. The summed E-state index contributed by atoms with van der Waals surface area (Å²) in [6.45, 7) is 12.8. The van der Waals surface area contributed by atoms with Crippen molar-refractivity contribution < 1.29 is 24.2 Å². The third-order valence-electron chi connectivity index (χ3n) is 6.77. The predicted molar refractivity (Wildman–Crippen MR) is 145 cm³/mol. The zero-order valence-electron chi connectivity index (χ0n) is 23.7. The van der Waals surface area contributed by atoms with Crippen LogP contribution in [-0.2, 0) is 14.3 Å². The van der Waals surface area contributed by atoms with E-state index in [1.165, 1.54) is 4.90 Å². The zero-order valence-corrected chi connectivity index (χ0v) is 23.7. The van der Waals surface area contributed by atoms with Gasteiger partial charge in [0.2, 0.25) is 11.8 Å². The maximum absolute atomic E-state index is 14.0. The summed E-state index contributed by atoms with van der Waals surface area (Å²) in [5, 5.41) is 15.9. The molecule has 37 heavy (non-hydrogen) atoms. The van der Waals surface area contributed by atoms with E-state index in [0.717, 1.165) is 48.8 Å². The molecule has 0 spiro atoms. The molecule has 0 saturated heterocycles. The second kappa shape index (κ2) is 13.8. The van der Waals surface area contributed by atoms with Crippen LogP contribution in [0.3, 0.4) is 0 Å². The molecule has 0 bridgehead atoms. The Labute approximate surface area is 222 Å². The van der Waals surface area contributed by atoms with E-state index >= 15 is 0 Å². The number of aryl methyl sites for hydroxylation is 1. The molecule has 2 unspecified atom stereocenters. The number of ether oxygens (including phenoxy) is 1. The Kier molecular flexibility index (Phi) is 11.4. The molecule has 2 atom stereocenters. The SMILES string of the molecule is Cc1cccc(C(C(=O)NC2CCCCC2)N(CCO)C(=O)C(CC(C)C)NC(=O)OC(C)(C)C)c1C. The van der Waals surface area contributed by atoms with Crippen molar-refractivity contribution in [3.63, 3.8) is 0 Å². The maximum atomic E-state index is 14.0. The quantitative estimate of drug-likeness (QED) is 0.422. The normalized spacial score (nSPS) is 16.1. The number of amides is 3. The number of carbonyl (C=O) groups excluding carboxylic acids is 3. The van der Waals surface area contributed by atoms with Crippen LogP contribution in [0.15, 0.2) is 18.2 Å². The van der Waals surface area contributed by atoms with E-state index < -0.39 is 29.7 Å². The fourth-order valence-electron chi connectivity index (χ4n) is 4.86. The number of nitrogens with zero attached hydrogens (tertiary/aromatic N) is 1. The van der Waals surface area contributed by atoms with Crippen LogP contribution in [0.5, 0.6) is 0 Å². The van der Waals surface area contributed by atoms with E-state index in [0.29, 0.717) is 6.42 Å². The summed E-state index contributed by atoms with van der Waals surface area (Å²) < 4.78 is 5.42. The van der Waals surface area contributed by atoms with Gasteiger partial charge >= 0.3 is 6.09 Å². The highest BCUT2D eigenvalue weighted by Crippen LogP contribution is 2.29. The molecule has 3 N–H and O–H groups in total. The smallest absolute Gasteiger partial charge is 0.408 e.